The van der Waals surface area contributed by atoms with Crippen molar-refractivity contribution in [2.45, 2.75) is 24.7 Å². The van der Waals surface area contributed by atoms with Crippen molar-refractivity contribution >= 4 is 23.3 Å². The number of aliphatic imine (C=N–C) groups is 1. The molecule has 0 spiro atoms. The topological polar surface area (TPSA) is 12.4 Å². The highest BCUT2D eigenvalue weighted by atomic mass is 32.2. The second kappa shape index (κ2) is 3.41. The van der Waals surface area contributed by atoms with Crippen molar-refractivity contribution in [3.05, 3.63) is 29.2 Å². The molecule has 1 aliphatic heterocycles. The van der Waals surface area contributed by atoms with Gasteiger partial charge in [-0.2, -0.15) is 0 Å². The molecule has 0 fully saturated rings. The van der Waals surface area contributed by atoms with Gasteiger partial charge in [0, 0.05) is 10.3 Å². The van der Waals surface area contributed by atoms with Crippen LogP contribution >= 0.6 is 11.8 Å². The Labute approximate surface area is 82.6 Å². The lowest BCUT2D eigenvalue weighted by atomic mass is 10.0. The number of nitrogens with zero attached hydrogens (tertiary/aromatic N) is 1. The second-order valence-electron chi connectivity index (χ2n) is 3.33. The fourth-order valence-corrected chi connectivity index (χ4v) is 2.07. The number of benzene rings is 1. The van der Waals surface area contributed by atoms with Crippen molar-refractivity contribution in [3.8, 4) is 0 Å². The molecule has 1 aromatic rings. The molecule has 0 atom stereocenters. The summed E-state index contributed by atoms with van der Waals surface area (Å²) in [5.41, 5.74) is 2.41. The predicted octanol–water partition coefficient (Wildman–Crippen LogP) is 3.73. The van der Waals surface area contributed by atoms with E-state index in [4.69, 9.17) is 0 Å². The fourth-order valence-electron chi connectivity index (χ4n) is 1.40. The zero-order chi connectivity index (χ0) is 9.26. The van der Waals surface area contributed by atoms with Gasteiger partial charge in [0.2, 0.25) is 0 Å². The van der Waals surface area contributed by atoms with E-state index >= 15 is 0 Å². The van der Waals surface area contributed by atoms with Gasteiger partial charge in [-0.25, -0.2) is 4.99 Å². The van der Waals surface area contributed by atoms with E-state index in [-0.39, 0.29) is 0 Å². The molecule has 0 aliphatic carbocycles. The monoisotopic (exact) mass is 189 g/mol. The molecule has 13 heavy (non-hydrogen) atoms. The Morgan fingerprint density at radius 3 is 3.00 bits per heavy atom. The van der Waals surface area contributed by atoms with E-state index in [0.29, 0.717) is 5.92 Å². The van der Waals surface area contributed by atoms with Crippen molar-refractivity contribution in [2.75, 3.05) is 0 Å². The maximum atomic E-state index is 4.29. The molecule has 0 unspecified atom stereocenters. The van der Waals surface area contributed by atoms with E-state index in [9.17, 15) is 0 Å². The van der Waals surface area contributed by atoms with E-state index in [2.05, 4.69) is 42.9 Å². The van der Waals surface area contributed by atoms with Gasteiger partial charge in [0.25, 0.3) is 0 Å². The Morgan fingerprint density at radius 2 is 2.23 bits per heavy atom. The molecule has 1 aliphatic rings. The van der Waals surface area contributed by atoms with Gasteiger partial charge in [-0.3, -0.25) is 0 Å². The molecule has 0 bridgehead atoms. The highest BCUT2D eigenvalue weighted by Crippen LogP contribution is 2.37. The second-order valence-corrected chi connectivity index (χ2v) is 4.24. The van der Waals surface area contributed by atoms with Crippen LogP contribution in [-0.4, -0.2) is 5.87 Å². The van der Waals surface area contributed by atoms with E-state index in [1.807, 2.05) is 5.41 Å². The Kier molecular flexibility index (Phi) is 2.26. The Hall–Kier alpha value is -0.980. The van der Waals surface area contributed by atoms with Gasteiger partial charge in [0.15, 0.2) is 0 Å². The highest BCUT2D eigenvalue weighted by molar-refractivity contribution is 8.02. The summed E-state index contributed by atoms with van der Waals surface area (Å²) in [5, 5.41) is 1.90. The summed E-state index contributed by atoms with van der Waals surface area (Å²) in [6, 6.07) is 6.34. The molecule has 2 heteroatoms. The van der Waals surface area contributed by atoms with E-state index in [0.717, 1.165) is 5.69 Å². The maximum absolute atomic E-state index is 4.29. The normalized spacial score (nSPS) is 13.5. The molecule has 1 nitrogen and oxygen atoms in total. The number of hydrogen-bond donors (Lipinski definition) is 0. The van der Waals surface area contributed by atoms with Gasteiger partial charge in [0.05, 0.1) is 5.69 Å². The average Bonchev–Trinajstić information content (AvgIpc) is 2.17. The first-order chi connectivity index (χ1) is 6.29. The molecular weight excluding hydrogens is 178 g/mol. The number of hydrogen-bond acceptors (Lipinski definition) is 2. The van der Waals surface area contributed by atoms with Gasteiger partial charge < -0.3 is 0 Å². The summed E-state index contributed by atoms with van der Waals surface area (Å²) >= 11 is 1.69. The predicted molar refractivity (Wildman–Crippen MR) is 58.1 cm³/mol. The summed E-state index contributed by atoms with van der Waals surface area (Å²) in [5.74, 6) is 3.43. The smallest absolute Gasteiger partial charge is 0.0903 e. The van der Waals surface area contributed by atoms with Crippen LogP contribution in [0.3, 0.4) is 0 Å². The first-order valence-electron chi connectivity index (χ1n) is 4.36. The molecule has 1 aromatic carbocycles. The maximum Gasteiger partial charge on any atom is 0.0903 e. The quantitative estimate of drug-likeness (QED) is 0.655. The van der Waals surface area contributed by atoms with E-state index in [1.165, 1.54) is 10.5 Å². The minimum atomic E-state index is 0.527. The Morgan fingerprint density at radius 1 is 1.38 bits per heavy atom. The molecule has 0 amide bonds. The third-order valence-corrected chi connectivity index (χ3v) is 2.87. The van der Waals surface area contributed by atoms with Gasteiger partial charge in [0.1, 0.15) is 0 Å². The highest BCUT2D eigenvalue weighted by Gasteiger charge is 2.11. The Bertz CT molecular complexity index is 387. The van der Waals surface area contributed by atoms with Gasteiger partial charge >= 0.3 is 0 Å². The largest absolute Gasteiger partial charge is 0.204 e. The zero-order valence-corrected chi connectivity index (χ0v) is 8.56. The van der Waals surface area contributed by atoms with Crippen LogP contribution in [-0.2, 0) is 0 Å². The van der Waals surface area contributed by atoms with Crippen LogP contribution in [0.5, 0.6) is 0 Å². The summed E-state index contributed by atoms with van der Waals surface area (Å²) < 4.78 is 0. The van der Waals surface area contributed by atoms with Crippen molar-refractivity contribution in [1.82, 2.24) is 0 Å². The Balaban J connectivity index is 2.60. The number of rotatable bonds is 1. The fraction of sp³-hybridized carbons (Fsp3) is 0.273. The van der Waals surface area contributed by atoms with Gasteiger partial charge in [-0.15, -0.1) is 0 Å². The minimum Gasteiger partial charge on any atom is -0.204 e. The number of para-hydroxylation sites is 1. The number of fused-ring (bicyclic) bond motifs is 1. The van der Waals surface area contributed by atoms with Crippen molar-refractivity contribution in [3.63, 3.8) is 0 Å². The summed E-state index contributed by atoms with van der Waals surface area (Å²) in [7, 11) is 0. The SMILES string of the molecule is CC(C)c1cccc2c1N=C=CS2. The lowest BCUT2D eigenvalue weighted by Crippen LogP contribution is -1.90. The minimum absolute atomic E-state index is 0.527. The average molecular weight is 189 g/mol. The molecule has 0 saturated carbocycles. The molecule has 2 rings (SSSR count). The van der Waals surface area contributed by atoms with Crippen LogP contribution in [0.25, 0.3) is 0 Å². The molecule has 0 saturated heterocycles. The lowest BCUT2D eigenvalue weighted by Gasteiger charge is -2.12. The van der Waals surface area contributed by atoms with Crippen molar-refractivity contribution in [2.24, 2.45) is 4.99 Å². The summed E-state index contributed by atoms with van der Waals surface area (Å²) in [6.45, 7) is 4.38. The zero-order valence-electron chi connectivity index (χ0n) is 7.74. The molecule has 66 valence electrons. The number of thioether (sulfide) groups is 1. The standard InChI is InChI=1S/C11H11NS/c1-8(2)9-4-3-5-10-11(9)12-6-7-13-10/h3-5,7-8H,1-2H3. The van der Waals surface area contributed by atoms with E-state index < -0.39 is 0 Å². The first-order valence-corrected chi connectivity index (χ1v) is 5.24. The van der Waals surface area contributed by atoms with Crippen LogP contribution in [0.1, 0.15) is 25.3 Å². The third-order valence-electron chi connectivity index (χ3n) is 2.07. The van der Waals surface area contributed by atoms with Crippen molar-refractivity contribution in [1.29, 1.82) is 0 Å². The van der Waals surface area contributed by atoms with Crippen LogP contribution in [0.15, 0.2) is 33.5 Å². The third kappa shape index (κ3) is 1.55. The molecule has 0 aromatic heterocycles. The molecule has 0 N–H and O–H groups in total. The van der Waals surface area contributed by atoms with Gasteiger partial charge in [-0.1, -0.05) is 37.7 Å². The van der Waals surface area contributed by atoms with Crippen molar-refractivity contribution < 1.29 is 0 Å². The van der Waals surface area contributed by atoms with Crippen LogP contribution in [0.4, 0.5) is 5.69 Å². The molecular formula is C11H11NS. The first kappa shape index (κ1) is 8.61. The van der Waals surface area contributed by atoms with Gasteiger partial charge in [-0.05, 0) is 23.4 Å². The van der Waals surface area contributed by atoms with Crippen LogP contribution in [0, 0.1) is 0 Å². The lowest BCUT2D eigenvalue weighted by molar-refractivity contribution is 0.863. The molecule has 0 radical (unpaired) electrons. The molecule has 1 heterocycles. The van der Waals surface area contributed by atoms with E-state index in [1.54, 1.807) is 11.8 Å². The van der Waals surface area contributed by atoms with Crippen LogP contribution in [0.2, 0.25) is 0 Å². The summed E-state index contributed by atoms with van der Waals surface area (Å²) in [6.07, 6.45) is 0. The van der Waals surface area contributed by atoms with Crippen LogP contribution < -0.4 is 0 Å². The summed E-state index contributed by atoms with van der Waals surface area (Å²) in [4.78, 5) is 5.53.